The molecule has 27 heteroatoms. The Kier molecular flexibility index (Phi) is 27.1. The molecule has 16 aromatic rings. The molecule has 0 aliphatic heterocycles. The van der Waals surface area contributed by atoms with Crippen LogP contribution >= 0.6 is 56.9 Å². The molecule has 8 aromatic carbocycles. The van der Waals surface area contributed by atoms with Crippen LogP contribution in [-0.4, -0.2) is 92.5 Å². The summed E-state index contributed by atoms with van der Waals surface area (Å²) in [7, 11) is 1.59. The maximum Gasteiger partial charge on any atom is 0.196 e. The van der Waals surface area contributed by atoms with Crippen molar-refractivity contribution in [1.29, 1.82) is 0 Å². The number of halogens is 7. The van der Waals surface area contributed by atoms with Crippen molar-refractivity contribution in [2.24, 2.45) is 0 Å². The number of pyridine rings is 4. The molecular formula is C87H82ClF6N11O5S4. The first-order chi connectivity index (χ1) is 55.4. The molecule has 0 saturated heterocycles. The number of methoxy groups -OCH3 is 1. The van der Waals surface area contributed by atoms with Crippen molar-refractivity contribution in [3.8, 4) is 5.75 Å². The van der Waals surface area contributed by atoms with Crippen LogP contribution in [0, 0.1) is 34.9 Å². The number of benzene rings is 8. The number of hydrogen-bond donors (Lipinski definition) is 7. The van der Waals surface area contributed by atoms with Gasteiger partial charge in [-0.1, -0.05) is 45.7 Å². The van der Waals surface area contributed by atoms with Gasteiger partial charge in [-0.15, -0.1) is 45.3 Å². The monoisotopic (exact) mass is 1640 g/mol. The molecule has 0 saturated carbocycles. The highest BCUT2D eigenvalue weighted by molar-refractivity contribution is 7.26. The zero-order valence-corrected chi connectivity index (χ0v) is 67.2. The van der Waals surface area contributed by atoms with Crippen molar-refractivity contribution >= 4 is 205 Å². The van der Waals surface area contributed by atoms with E-state index >= 15 is 0 Å². The minimum atomic E-state index is -0.469. The highest BCUT2D eigenvalue weighted by Gasteiger charge is 2.22. The Bertz CT molecular complexity index is 6360. The Balaban J connectivity index is 0.000000133. The van der Waals surface area contributed by atoms with E-state index in [1.807, 2.05) is 24.3 Å². The van der Waals surface area contributed by atoms with E-state index < -0.39 is 34.9 Å². The summed E-state index contributed by atoms with van der Waals surface area (Å²) in [6.07, 6.45) is 8.08. The highest BCUT2D eigenvalue weighted by Crippen LogP contribution is 2.40. The number of nitrogens with zero attached hydrogens (tertiary/aromatic N) is 4. The maximum absolute atomic E-state index is 13.9. The molecule has 0 fully saturated rings. The number of fused-ring (bicyclic) bond motifs is 16. The molecule has 8 aromatic heterocycles. The van der Waals surface area contributed by atoms with E-state index in [2.05, 4.69) is 74.9 Å². The van der Waals surface area contributed by atoms with Crippen molar-refractivity contribution in [2.75, 3.05) is 93.8 Å². The van der Waals surface area contributed by atoms with Gasteiger partial charge in [0.1, 0.15) is 63.9 Å². The first-order valence-electron chi connectivity index (χ1n) is 37.9. The largest absolute Gasteiger partial charge is 0.497 e. The predicted molar refractivity (Wildman–Crippen MR) is 467 cm³/mol. The van der Waals surface area contributed by atoms with Gasteiger partial charge in [-0.2, -0.15) is 0 Å². The Labute approximate surface area is 672 Å². The molecule has 588 valence electrons. The summed E-state index contributed by atoms with van der Waals surface area (Å²) >= 11 is 11.8. The molecule has 0 aliphatic rings. The number of anilines is 4. The fourth-order valence-electron chi connectivity index (χ4n) is 13.4. The standard InChI is InChI=1S/C23H24FN3O2S.C22H21ClFN3OS.C22H21F2N3OS.C20H16F2N2OS/c1-3-9-25-10-4-11-26-23-22-20(16-13-15(29-2)6-7-18(16)27-23)21(28)17-12-14(24)5-8-19(17)30-22;2*1-2-8-25-9-3-10-26-22-21-19(15-11-13(23)4-6-17(15)27-22)20(28)16-12-14(24)5-7-18(16)29-21;1-2-3-8-23-20-19-17(13-9-11(21)4-6-15(13)24-20)18(25)14-10-12(22)5-7-16(14)26-19/h5-8,12-13,25H,3-4,9-11H2,1-2H3,(H,26,27);2*4-7,11-12,25H,2-3,8-10H2,1H3,(H,26,27);4-7,9-10H,2-3,8H2,1H3,(H,23,24). The predicted octanol–water partition coefficient (Wildman–Crippen LogP) is 21.0. The van der Waals surface area contributed by atoms with Crippen molar-refractivity contribution in [3.63, 3.8) is 0 Å². The Hall–Kier alpha value is -10.3. The fourth-order valence-corrected chi connectivity index (χ4v) is 18.1. The first-order valence-corrected chi connectivity index (χ1v) is 41.6. The zero-order valence-electron chi connectivity index (χ0n) is 63.2. The summed E-state index contributed by atoms with van der Waals surface area (Å²) in [5.41, 5.74) is 1.47. The smallest absolute Gasteiger partial charge is 0.196 e. The van der Waals surface area contributed by atoms with Gasteiger partial charge in [0.25, 0.3) is 0 Å². The van der Waals surface area contributed by atoms with Crippen LogP contribution in [0.2, 0.25) is 5.02 Å². The van der Waals surface area contributed by atoms with Crippen LogP contribution in [0.3, 0.4) is 0 Å². The molecule has 8 heterocycles. The number of hydrogen-bond acceptors (Lipinski definition) is 20. The van der Waals surface area contributed by atoms with Crippen LogP contribution in [-0.2, 0) is 0 Å². The molecule has 0 unspecified atom stereocenters. The van der Waals surface area contributed by atoms with Crippen molar-refractivity contribution in [2.45, 2.75) is 79.1 Å². The number of rotatable bonds is 26. The molecule has 0 bridgehead atoms. The summed E-state index contributed by atoms with van der Waals surface area (Å²) in [4.78, 5) is 71.8. The van der Waals surface area contributed by atoms with Gasteiger partial charge >= 0.3 is 0 Å². The third kappa shape index (κ3) is 18.4. The van der Waals surface area contributed by atoms with Gasteiger partial charge in [-0.05, 0) is 230 Å². The van der Waals surface area contributed by atoms with E-state index in [9.17, 15) is 45.5 Å². The summed E-state index contributed by atoms with van der Waals surface area (Å²) < 4.78 is 93.8. The molecule has 16 nitrogen and oxygen atoms in total. The fraction of sp³-hybridized carbons (Fsp3) is 0.264. The van der Waals surface area contributed by atoms with Crippen LogP contribution in [0.25, 0.3) is 124 Å². The SMILES string of the molecule is CCCCNc1nc2ccc(F)cc2c2c(=O)c3cc(F)ccc3sc12.CCCNCCCNc1nc2ccc(Cl)cc2c2c(=O)c3cc(F)ccc3sc12.CCCNCCCNc1nc2ccc(F)cc2c2c(=O)c3cc(F)ccc3sc12.CCCNCCCNc1nc2ccc(OC)cc2c2c(=O)c3cc(F)ccc3sc12. The molecule has 114 heavy (non-hydrogen) atoms. The Morgan fingerprint density at radius 2 is 0.588 bits per heavy atom. The van der Waals surface area contributed by atoms with E-state index in [-0.39, 0.29) is 21.7 Å². The normalized spacial score (nSPS) is 11.5. The third-order valence-electron chi connectivity index (χ3n) is 18.9. The Morgan fingerprint density at radius 3 is 0.895 bits per heavy atom. The molecule has 0 radical (unpaired) electrons. The van der Waals surface area contributed by atoms with Crippen LogP contribution in [0.5, 0.6) is 5.75 Å². The van der Waals surface area contributed by atoms with Gasteiger partial charge in [0.05, 0.1) is 69.5 Å². The van der Waals surface area contributed by atoms with Gasteiger partial charge in [-0.3, -0.25) is 19.2 Å². The molecule has 0 atom stereocenters. The molecule has 7 N–H and O–H groups in total. The summed E-state index contributed by atoms with van der Waals surface area (Å²) in [6.45, 7) is 17.1. The first kappa shape index (κ1) is 81.7. The number of nitrogens with one attached hydrogen (secondary N) is 7. The summed E-state index contributed by atoms with van der Waals surface area (Å²) in [6, 6.07) is 36.3. The third-order valence-corrected chi connectivity index (χ3v) is 23.9. The molecule has 16 rings (SSSR count). The highest BCUT2D eigenvalue weighted by atomic mass is 35.5. The molecule has 0 aliphatic carbocycles. The molecule has 0 amide bonds. The lowest BCUT2D eigenvalue weighted by Gasteiger charge is -2.13. The van der Waals surface area contributed by atoms with Crippen molar-refractivity contribution in [1.82, 2.24) is 35.9 Å². The average Bonchev–Trinajstić information content (AvgIpc) is 0.759. The van der Waals surface area contributed by atoms with Crippen molar-refractivity contribution < 1.29 is 31.1 Å². The molecule has 0 spiro atoms. The van der Waals surface area contributed by atoms with Crippen LogP contribution in [0.1, 0.15) is 79.1 Å². The zero-order chi connectivity index (χ0) is 80.1. The minimum Gasteiger partial charge on any atom is -0.497 e. The van der Waals surface area contributed by atoms with Crippen LogP contribution in [0.15, 0.2) is 165 Å². The molecular weight excluding hydrogens is 1560 g/mol. The van der Waals surface area contributed by atoms with Gasteiger partial charge in [0.15, 0.2) is 21.7 Å². The van der Waals surface area contributed by atoms with E-state index in [1.54, 1.807) is 55.6 Å². The van der Waals surface area contributed by atoms with Gasteiger partial charge in [0, 0.05) is 93.1 Å². The van der Waals surface area contributed by atoms with Crippen LogP contribution in [0.4, 0.5) is 49.6 Å². The summed E-state index contributed by atoms with van der Waals surface area (Å²) in [5.74, 6) is 0.583. The van der Waals surface area contributed by atoms with E-state index in [4.69, 9.17) is 26.3 Å². The summed E-state index contributed by atoms with van der Waals surface area (Å²) in [5, 5.41) is 29.6. The minimum absolute atomic E-state index is 0.188. The second kappa shape index (κ2) is 37.8. The Morgan fingerprint density at radius 1 is 0.316 bits per heavy atom. The van der Waals surface area contributed by atoms with E-state index in [0.717, 1.165) is 129 Å². The van der Waals surface area contributed by atoms with Crippen molar-refractivity contribution in [3.05, 3.63) is 226 Å². The van der Waals surface area contributed by atoms with Gasteiger partial charge in [0.2, 0.25) is 0 Å². The van der Waals surface area contributed by atoms with Gasteiger partial charge in [-0.25, -0.2) is 46.3 Å². The number of ether oxygens (including phenoxy) is 1. The van der Waals surface area contributed by atoms with E-state index in [0.29, 0.717) is 146 Å². The van der Waals surface area contributed by atoms with Crippen LogP contribution < -0.4 is 63.7 Å². The quantitative estimate of drug-likeness (QED) is 0.0116. The van der Waals surface area contributed by atoms with Gasteiger partial charge < -0.3 is 42.0 Å². The second-order valence-electron chi connectivity index (χ2n) is 27.2. The lowest BCUT2D eigenvalue weighted by atomic mass is 10.1. The second-order valence-corrected chi connectivity index (χ2v) is 31.8. The topological polar surface area (TPSA) is 213 Å². The lowest BCUT2D eigenvalue weighted by molar-refractivity contribution is 0.415. The number of aromatic nitrogens is 4. The number of unbranched alkanes of at least 4 members (excludes halogenated alkanes) is 1. The average molecular weight is 1640 g/mol. The maximum atomic E-state index is 13.9. The lowest BCUT2D eigenvalue weighted by Crippen LogP contribution is -2.19. The van der Waals surface area contributed by atoms with E-state index in [1.165, 1.54) is 118 Å².